The lowest BCUT2D eigenvalue weighted by Gasteiger charge is -2.34. The summed E-state index contributed by atoms with van der Waals surface area (Å²) in [4.78, 5) is 16.8. The molecule has 1 aliphatic heterocycles. The fraction of sp³-hybridized carbons (Fsp3) is 0.588. The molecule has 4 heteroatoms. The molecule has 1 saturated heterocycles. The molecule has 0 bridgehead atoms. The Bertz CT molecular complexity index is 435. The number of piperidine rings is 1. The van der Waals surface area contributed by atoms with Gasteiger partial charge in [-0.05, 0) is 32.0 Å². The number of rotatable bonds is 6. The second-order valence-electron chi connectivity index (χ2n) is 5.92. The van der Waals surface area contributed by atoms with Crippen LogP contribution in [-0.2, 0) is 11.3 Å². The fourth-order valence-corrected chi connectivity index (χ4v) is 2.94. The van der Waals surface area contributed by atoms with Gasteiger partial charge in [-0.15, -0.1) is 0 Å². The van der Waals surface area contributed by atoms with Crippen molar-refractivity contribution in [3.05, 3.63) is 35.9 Å². The molecule has 1 N–H and O–H groups in total. The minimum absolute atomic E-state index is 0.157. The summed E-state index contributed by atoms with van der Waals surface area (Å²) in [5, 5.41) is 3.09. The summed E-state index contributed by atoms with van der Waals surface area (Å²) in [6, 6.07) is 10.5. The second kappa shape index (κ2) is 8.15. The third-order valence-electron chi connectivity index (χ3n) is 4.18. The molecule has 1 amide bonds. The molecule has 1 aliphatic rings. The van der Waals surface area contributed by atoms with Gasteiger partial charge in [0.25, 0.3) is 0 Å². The molecule has 1 aromatic carbocycles. The van der Waals surface area contributed by atoms with Gasteiger partial charge in [-0.2, -0.15) is 0 Å². The summed E-state index contributed by atoms with van der Waals surface area (Å²) in [5.74, 6) is 0.451. The van der Waals surface area contributed by atoms with Crippen LogP contribution in [0.2, 0.25) is 0 Å². The molecular weight excluding hydrogens is 262 g/mol. The molecule has 21 heavy (non-hydrogen) atoms. The van der Waals surface area contributed by atoms with E-state index in [0.29, 0.717) is 5.91 Å². The topological polar surface area (TPSA) is 35.6 Å². The van der Waals surface area contributed by atoms with E-state index in [1.165, 1.54) is 5.56 Å². The predicted octanol–water partition coefficient (Wildman–Crippen LogP) is 1.58. The lowest BCUT2D eigenvalue weighted by atomic mass is 9.96. The Morgan fingerprint density at radius 1 is 1.38 bits per heavy atom. The van der Waals surface area contributed by atoms with Gasteiger partial charge in [0.15, 0.2) is 0 Å². The maximum atomic E-state index is 12.5. The number of amides is 1. The van der Waals surface area contributed by atoms with Crippen molar-refractivity contribution in [3.8, 4) is 0 Å². The molecule has 0 spiro atoms. The Hall–Kier alpha value is -1.39. The van der Waals surface area contributed by atoms with E-state index in [2.05, 4.69) is 34.5 Å². The summed E-state index contributed by atoms with van der Waals surface area (Å²) >= 11 is 0. The van der Waals surface area contributed by atoms with Gasteiger partial charge in [0.2, 0.25) is 5.91 Å². The molecular formula is C17H27N3O. The first kappa shape index (κ1) is 16.0. The number of nitrogens with one attached hydrogen (secondary N) is 1. The molecule has 1 aromatic rings. The fourth-order valence-electron chi connectivity index (χ4n) is 2.94. The van der Waals surface area contributed by atoms with Crippen LogP contribution in [0.3, 0.4) is 0 Å². The SMILES string of the molecule is CNCCN(C)C(=O)C1CCCN(Cc2ccccc2)C1. The summed E-state index contributed by atoms with van der Waals surface area (Å²) < 4.78 is 0. The Labute approximate surface area is 128 Å². The zero-order valence-corrected chi connectivity index (χ0v) is 13.2. The summed E-state index contributed by atoms with van der Waals surface area (Å²) in [6.07, 6.45) is 2.14. The zero-order valence-electron chi connectivity index (χ0n) is 13.2. The van der Waals surface area contributed by atoms with Crippen LogP contribution in [0.25, 0.3) is 0 Å². The number of carbonyl (C=O) groups excluding carboxylic acids is 1. The third-order valence-corrected chi connectivity index (χ3v) is 4.18. The van der Waals surface area contributed by atoms with E-state index in [9.17, 15) is 4.79 Å². The number of hydrogen-bond donors (Lipinski definition) is 1. The van der Waals surface area contributed by atoms with Gasteiger partial charge in [0.1, 0.15) is 0 Å². The average Bonchev–Trinajstić information content (AvgIpc) is 2.53. The van der Waals surface area contributed by atoms with Crippen molar-refractivity contribution in [2.45, 2.75) is 19.4 Å². The molecule has 2 rings (SSSR count). The van der Waals surface area contributed by atoms with Gasteiger partial charge >= 0.3 is 0 Å². The number of benzene rings is 1. The van der Waals surface area contributed by atoms with Crippen molar-refractivity contribution in [3.63, 3.8) is 0 Å². The van der Waals surface area contributed by atoms with Crippen LogP contribution >= 0.6 is 0 Å². The van der Waals surface area contributed by atoms with Gasteiger partial charge < -0.3 is 10.2 Å². The van der Waals surface area contributed by atoms with Crippen LogP contribution in [0, 0.1) is 5.92 Å². The highest BCUT2D eigenvalue weighted by molar-refractivity contribution is 5.78. The van der Waals surface area contributed by atoms with Gasteiger partial charge in [-0.3, -0.25) is 9.69 Å². The van der Waals surface area contributed by atoms with Crippen LogP contribution in [0.15, 0.2) is 30.3 Å². The first-order valence-corrected chi connectivity index (χ1v) is 7.86. The lowest BCUT2D eigenvalue weighted by Crippen LogP contribution is -2.44. The normalized spacial score (nSPS) is 19.4. The van der Waals surface area contributed by atoms with E-state index in [1.54, 1.807) is 0 Å². The van der Waals surface area contributed by atoms with Crippen LogP contribution in [-0.4, -0.2) is 56.0 Å². The molecule has 0 saturated carbocycles. The van der Waals surface area contributed by atoms with Crippen molar-refractivity contribution in [2.75, 3.05) is 40.3 Å². The van der Waals surface area contributed by atoms with Gasteiger partial charge in [-0.1, -0.05) is 30.3 Å². The standard InChI is InChI=1S/C17H27N3O/c1-18-10-12-19(2)17(21)16-9-6-11-20(14-16)13-15-7-4-3-5-8-15/h3-5,7-8,16,18H,6,9-14H2,1-2H3. The monoisotopic (exact) mass is 289 g/mol. The van der Waals surface area contributed by atoms with E-state index in [4.69, 9.17) is 0 Å². The first-order chi connectivity index (χ1) is 10.2. The quantitative estimate of drug-likeness (QED) is 0.863. The van der Waals surface area contributed by atoms with Gasteiger partial charge in [0.05, 0.1) is 5.92 Å². The number of carbonyl (C=O) groups is 1. The summed E-state index contributed by atoms with van der Waals surface area (Å²) in [7, 11) is 3.83. The van der Waals surface area contributed by atoms with Crippen LogP contribution in [0.4, 0.5) is 0 Å². The van der Waals surface area contributed by atoms with Crippen LogP contribution in [0.1, 0.15) is 18.4 Å². The summed E-state index contributed by atoms with van der Waals surface area (Å²) in [5.41, 5.74) is 1.33. The Morgan fingerprint density at radius 2 is 2.14 bits per heavy atom. The lowest BCUT2D eigenvalue weighted by molar-refractivity contribution is -0.136. The van der Waals surface area contributed by atoms with E-state index in [-0.39, 0.29) is 5.92 Å². The smallest absolute Gasteiger partial charge is 0.226 e. The van der Waals surface area contributed by atoms with Crippen LogP contribution < -0.4 is 5.32 Å². The highest BCUT2D eigenvalue weighted by Crippen LogP contribution is 2.20. The zero-order chi connectivity index (χ0) is 15.1. The van der Waals surface area contributed by atoms with Crippen LogP contribution in [0.5, 0.6) is 0 Å². The summed E-state index contributed by atoms with van der Waals surface area (Å²) in [6.45, 7) is 4.56. The van der Waals surface area contributed by atoms with Crippen molar-refractivity contribution >= 4 is 5.91 Å². The maximum Gasteiger partial charge on any atom is 0.226 e. The number of likely N-dealkylation sites (tertiary alicyclic amines) is 1. The van der Waals surface area contributed by atoms with Crippen molar-refractivity contribution in [2.24, 2.45) is 5.92 Å². The van der Waals surface area contributed by atoms with E-state index < -0.39 is 0 Å². The average molecular weight is 289 g/mol. The predicted molar refractivity (Wildman–Crippen MR) is 86.0 cm³/mol. The van der Waals surface area contributed by atoms with E-state index in [1.807, 2.05) is 25.1 Å². The third kappa shape index (κ3) is 4.83. The van der Waals surface area contributed by atoms with E-state index in [0.717, 1.165) is 45.6 Å². The van der Waals surface area contributed by atoms with Gasteiger partial charge in [0, 0.05) is 33.2 Å². The molecule has 1 heterocycles. The number of likely N-dealkylation sites (N-methyl/N-ethyl adjacent to an activating group) is 2. The minimum Gasteiger partial charge on any atom is -0.344 e. The van der Waals surface area contributed by atoms with Gasteiger partial charge in [-0.25, -0.2) is 0 Å². The Kier molecular flexibility index (Phi) is 6.21. The van der Waals surface area contributed by atoms with Crippen molar-refractivity contribution in [1.82, 2.24) is 15.1 Å². The highest BCUT2D eigenvalue weighted by atomic mass is 16.2. The molecule has 0 aromatic heterocycles. The molecule has 1 atom stereocenters. The maximum absolute atomic E-state index is 12.5. The number of nitrogens with zero attached hydrogens (tertiary/aromatic N) is 2. The van der Waals surface area contributed by atoms with Crippen molar-refractivity contribution in [1.29, 1.82) is 0 Å². The van der Waals surface area contributed by atoms with E-state index >= 15 is 0 Å². The second-order valence-corrected chi connectivity index (χ2v) is 5.92. The number of hydrogen-bond acceptors (Lipinski definition) is 3. The molecule has 1 unspecified atom stereocenters. The molecule has 0 aliphatic carbocycles. The largest absolute Gasteiger partial charge is 0.344 e. The highest BCUT2D eigenvalue weighted by Gasteiger charge is 2.27. The van der Waals surface area contributed by atoms with Crippen molar-refractivity contribution < 1.29 is 4.79 Å². The minimum atomic E-state index is 0.157. The Balaban J connectivity index is 1.86. The molecule has 0 radical (unpaired) electrons. The molecule has 4 nitrogen and oxygen atoms in total. The molecule has 1 fully saturated rings. The first-order valence-electron chi connectivity index (χ1n) is 7.86. The Morgan fingerprint density at radius 3 is 2.86 bits per heavy atom. The molecule has 116 valence electrons.